The molecule has 12 nitrogen and oxygen atoms in total. The van der Waals surface area contributed by atoms with Gasteiger partial charge in [-0.25, -0.2) is 9.18 Å². The molecule has 35 heavy (non-hydrogen) atoms. The fourth-order valence-electron chi connectivity index (χ4n) is 3.96. The molecule has 0 spiro atoms. The third kappa shape index (κ3) is 5.87. The Hall–Kier alpha value is -4.13. The first-order valence-electron chi connectivity index (χ1n) is 10.6. The second-order valence-electron chi connectivity index (χ2n) is 8.25. The number of carboxylic acids is 1. The van der Waals surface area contributed by atoms with Crippen molar-refractivity contribution >= 4 is 23.3 Å². The van der Waals surface area contributed by atoms with Gasteiger partial charge in [-0.3, -0.25) is 29.9 Å². The van der Waals surface area contributed by atoms with Crippen molar-refractivity contribution < 1.29 is 33.7 Å². The highest BCUT2D eigenvalue weighted by Gasteiger charge is 2.34. The van der Waals surface area contributed by atoms with Crippen LogP contribution in [0, 0.1) is 26.0 Å². The minimum absolute atomic E-state index is 0.0662. The largest absolute Gasteiger partial charge is 0.478 e. The third-order valence-corrected chi connectivity index (χ3v) is 5.77. The summed E-state index contributed by atoms with van der Waals surface area (Å²) in [5.74, 6) is -3.24. The van der Waals surface area contributed by atoms with Gasteiger partial charge in [0.25, 0.3) is 11.6 Å². The summed E-state index contributed by atoms with van der Waals surface area (Å²) >= 11 is 0. The number of hydrogen-bond donors (Lipinski definition) is 1. The van der Waals surface area contributed by atoms with E-state index in [1.165, 1.54) is 17.0 Å². The zero-order valence-electron chi connectivity index (χ0n) is 18.9. The van der Waals surface area contributed by atoms with Crippen molar-refractivity contribution in [2.24, 2.45) is 0 Å². The van der Waals surface area contributed by atoms with Gasteiger partial charge in [0.2, 0.25) is 5.75 Å². The van der Waals surface area contributed by atoms with Gasteiger partial charge in [-0.2, -0.15) is 0 Å². The summed E-state index contributed by atoms with van der Waals surface area (Å²) in [4.78, 5) is 48.6. The number of carbonyl (C=O) groups excluding carboxylic acids is 1. The van der Waals surface area contributed by atoms with Crippen LogP contribution in [0.4, 0.5) is 15.8 Å². The van der Waals surface area contributed by atoms with Gasteiger partial charge in [-0.05, 0) is 31.5 Å². The first-order chi connectivity index (χ1) is 16.5. The molecular formula is C22H23FN4O8. The number of hydrogen-bond acceptors (Lipinski definition) is 8. The fraction of sp³-hybridized carbons (Fsp3) is 0.364. The molecule has 2 aromatic carbocycles. The van der Waals surface area contributed by atoms with Crippen LogP contribution in [0.1, 0.15) is 29.8 Å². The van der Waals surface area contributed by atoms with E-state index in [0.717, 1.165) is 5.56 Å². The van der Waals surface area contributed by atoms with E-state index in [2.05, 4.69) is 4.90 Å². The molecule has 0 aliphatic carbocycles. The number of rotatable bonds is 8. The van der Waals surface area contributed by atoms with E-state index in [1.807, 2.05) is 13.8 Å². The number of halogens is 1. The lowest BCUT2D eigenvalue weighted by Crippen LogP contribution is -2.58. The van der Waals surface area contributed by atoms with Crippen LogP contribution in [0.2, 0.25) is 0 Å². The molecule has 0 radical (unpaired) electrons. The third-order valence-electron chi connectivity index (χ3n) is 5.77. The summed E-state index contributed by atoms with van der Waals surface area (Å²) in [5, 5.41) is 31.8. The standard InChI is InChI=1S/C22H23FN4O8/c1-13-10-25(14(2)9-24(13)11-15-3-5-16(23)6-4-15)20(28)12-35-21-18(22(29)30)7-17(26(31)32)8-19(21)27(33)34/h3-8,13-14H,9-12H2,1-2H3,(H,29,30)/t13-,14+/m0/s1. The zero-order valence-corrected chi connectivity index (χ0v) is 18.9. The number of non-ortho nitro benzene ring substituents is 1. The molecule has 0 bridgehead atoms. The molecule has 1 saturated heterocycles. The summed E-state index contributed by atoms with van der Waals surface area (Å²) in [6.07, 6.45) is 0. The Kier molecular flexibility index (Phi) is 7.59. The quantitative estimate of drug-likeness (QED) is 0.434. The number of amides is 1. The number of piperazine rings is 1. The molecule has 13 heteroatoms. The van der Waals surface area contributed by atoms with Crippen molar-refractivity contribution in [2.75, 3.05) is 19.7 Å². The Morgan fingerprint density at radius 1 is 1.09 bits per heavy atom. The van der Waals surface area contributed by atoms with Gasteiger partial charge in [-0.15, -0.1) is 0 Å². The first-order valence-corrected chi connectivity index (χ1v) is 10.6. The van der Waals surface area contributed by atoms with Gasteiger partial charge < -0.3 is 14.7 Å². The summed E-state index contributed by atoms with van der Waals surface area (Å²) < 4.78 is 18.4. The molecule has 2 atom stereocenters. The highest BCUT2D eigenvalue weighted by atomic mass is 19.1. The number of nitrogens with zero attached hydrogens (tertiary/aromatic N) is 4. The Labute approximate surface area is 198 Å². The molecule has 0 saturated carbocycles. The number of nitro groups is 2. The van der Waals surface area contributed by atoms with E-state index in [1.54, 1.807) is 12.1 Å². The van der Waals surface area contributed by atoms with Gasteiger partial charge >= 0.3 is 11.7 Å². The summed E-state index contributed by atoms with van der Waals surface area (Å²) in [7, 11) is 0. The smallest absolute Gasteiger partial charge is 0.340 e. The minimum Gasteiger partial charge on any atom is -0.478 e. The lowest BCUT2D eigenvalue weighted by atomic mass is 10.1. The molecule has 1 heterocycles. The molecule has 0 unspecified atom stereocenters. The highest BCUT2D eigenvalue weighted by molar-refractivity contribution is 5.94. The van der Waals surface area contributed by atoms with E-state index >= 15 is 0 Å². The van der Waals surface area contributed by atoms with Crippen molar-refractivity contribution in [3.05, 3.63) is 73.6 Å². The van der Waals surface area contributed by atoms with Crippen LogP contribution in [0.25, 0.3) is 0 Å². The molecule has 3 rings (SSSR count). The van der Waals surface area contributed by atoms with Gasteiger partial charge in [0.1, 0.15) is 11.4 Å². The van der Waals surface area contributed by atoms with Crippen LogP contribution in [-0.4, -0.2) is 68.4 Å². The lowest BCUT2D eigenvalue weighted by Gasteiger charge is -2.44. The Balaban J connectivity index is 1.73. The molecule has 2 aromatic rings. The molecule has 1 aliphatic heterocycles. The maximum absolute atomic E-state index is 13.2. The number of benzene rings is 2. The fourth-order valence-corrected chi connectivity index (χ4v) is 3.96. The van der Waals surface area contributed by atoms with Crippen LogP contribution in [-0.2, 0) is 11.3 Å². The predicted octanol–water partition coefficient (Wildman–Crippen LogP) is 2.84. The topological polar surface area (TPSA) is 156 Å². The van der Waals surface area contributed by atoms with Gasteiger partial charge in [0, 0.05) is 37.8 Å². The van der Waals surface area contributed by atoms with Crippen LogP contribution in [0.5, 0.6) is 5.75 Å². The molecule has 1 N–H and O–H groups in total. The minimum atomic E-state index is -1.67. The average Bonchev–Trinajstić information content (AvgIpc) is 2.80. The molecular weight excluding hydrogens is 467 g/mol. The number of carboxylic acid groups (broad SMARTS) is 1. The van der Waals surface area contributed by atoms with Crippen LogP contribution in [0.15, 0.2) is 36.4 Å². The second kappa shape index (κ2) is 10.4. The predicted molar refractivity (Wildman–Crippen MR) is 120 cm³/mol. The van der Waals surface area contributed by atoms with Gasteiger partial charge in [-0.1, -0.05) is 12.1 Å². The summed E-state index contributed by atoms with van der Waals surface area (Å²) in [6, 6.07) is 7.05. The van der Waals surface area contributed by atoms with Crippen molar-refractivity contribution in [2.45, 2.75) is 32.5 Å². The van der Waals surface area contributed by atoms with E-state index in [-0.39, 0.29) is 17.9 Å². The van der Waals surface area contributed by atoms with Crippen molar-refractivity contribution in [1.29, 1.82) is 0 Å². The second-order valence-corrected chi connectivity index (χ2v) is 8.25. The van der Waals surface area contributed by atoms with E-state index < -0.39 is 51.0 Å². The summed E-state index contributed by atoms with van der Waals surface area (Å²) in [6.45, 7) is 4.43. The number of carbonyl (C=O) groups is 2. The molecule has 186 valence electrons. The molecule has 1 aliphatic rings. The van der Waals surface area contributed by atoms with Gasteiger partial charge in [0.05, 0.1) is 15.9 Å². The summed E-state index contributed by atoms with van der Waals surface area (Å²) in [5.41, 5.74) is -1.58. The average molecular weight is 490 g/mol. The Morgan fingerprint density at radius 3 is 2.31 bits per heavy atom. The van der Waals surface area contributed by atoms with Crippen molar-refractivity contribution in [1.82, 2.24) is 9.80 Å². The van der Waals surface area contributed by atoms with E-state index in [9.17, 15) is 39.3 Å². The van der Waals surface area contributed by atoms with Crippen molar-refractivity contribution in [3.8, 4) is 5.75 Å². The molecule has 1 fully saturated rings. The van der Waals surface area contributed by atoms with Crippen LogP contribution < -0.4 is 4.74 Å². The number of aromatic carboxylic acids is 1. The molecule has 1 amide bonds. The number of ether oxygens (including phenoxy) is 1. The Morgan fingerprint density at radius 2 is 1.74 bits per heavy atom. The normalized spacial score (nSPS) is 18.2. The SMILES string of the molecule is C[C@@H]1CN(Cc2ccc(F)cc2)[C@@H](C)CN1C(=O)COc1c(C(=O)O)cc([N+](=O)[O-])cc1[N+](=O)[O-]. The zero-order chi connectivity index (χ0) is 25.9. The maximum Gasteiger partial charge on any atom is 0.340 e. The van der Waals surface area contributed by atoms with E-state index in [4.69, 9.17) is 4.74 Å². The monoisotopic (exact) mass is 490 g/mol. The Bertz CT molecular complexity index is 1120. The van der Waals surface area contributed by atoms with Crippen molar-refractivity contribution in [3.63, 3.8) is 0 Å². The first kappa shape index (κ1) is 25.5. The molecule has 0 aromatic heterocycles. The van der Waals surface area contributed by atoms with E-state index in [0.29, 0.717) is 31.8 Å². The van der Waals surface area contributed by atoms with Gasteiger partial charge in [0.15, 0.2) is 6.61 Å². The lowest BCUT2D eigenvalue weighted by molar-refractivity contribution is -0.394. The van der Waals surface area contributed by atoms with Crippen LogP contribution >= 0.6 is 0 Å². The highest BCUT2D eigenvalue weighted by Crippen LogP contribution is 2.35. The maximum atomic E-state index is 13.2. The number of nitro benzene ring substituents is 2. The van der Waals surface area contributed by atoms with Crippen LogP contribution in [0.3, 0.4) is 0 Å².